The maximum absolute atomic E-state index is 15.2. The van der Waals surface area contributed by atoms with Crippen LogP contribution < -0.4 is 0 Å². The molecule has 0 saturated heterocycles. The van der Waals surface area contributed by atoms with Crippen LogP contribution in [0.4, 0.5) is 8.78 Å². The van der Waals surface area contributed by atoms with Crippen molar-refractivity contribution >= 4 is 43.6 Å². The number of nitriles is 3. The van der Waals surface area contributed by atoms with Crippen LogP contribution in [0.25, 0.3) is 55.0 Å². The number of para-hydroxylation sites is 3. The molecule has 0 unspecified atom stereocenters. The standard InChI is InChI=1S/C33H15F2N5/c34-26-8-5-9-27(35)33(26)40-29-11-4-2-7-23(29)25-14-24-22-6-1-3-10-28(22)39(30(24)15-31(25)40)32-20(17-37)12-19(16-36)13-21(32)18-38/h1-15H. The van der Waals surface area contributed by atoms with Gasteiger partial charge in [-0.15, -0.1) is 0 Å². The Labute approximate surface area is 226 Å². The zero-order valence-corrected chi connectivity index (χ0v) is 20.7. The highest BCUT2D eigenvalue weighted by atomic mass is 19.1. The van der Waals surface area contributed by atoms with Gasteiger partial charge >= 0.3 is 0 Å². The number of aromatic nitrogens is 2. The predicted molar refractivity (Wildman–Crippen MR) is 149 cm³/mol. The molecule has 0 amide bonds. The van der Waals surface area contributed by atoms with Gasteiger partial charge in [0.1, 0.15) is 29.5 Å². The fraction of sp³-hybridized carbons (Fsp3) is 0. The Morgan fingerprint density at radius 2 is 0.975 bits per heavy atom. The summed E-state index contributed by atoms with van der Waals surface area (Å²) in [5, 5.41) is 32.9. The van der Waals surface area contributed by atoms with Crippen LogP contribution in [0.3, 0.4) is 0 Å². The van der Waals surface area contributed by atoms with Gasteiger partial charge in [-0.2, -0.15) is 15.8 Å². The van der Waals surface area contributed by atoms with Gasteiger partial charge in [0.15, 0.2) is 0 Å². The smallest absolute Gasteiger partial charge is 0.150 e. The SMILES string of the molecule is N#Cc1cc(C#N)c(-n2c3ccccc3c3cc4c5ccccc5n(-c5c(F)cccc5F)c4cc32)c(C#N)c1. The van der Waals surface area contributed by atoms with Gasteiger partial charge in [-0.3, -0.25) is 0 Å². The molecular weight excluding hydrogens is 504 g/mol. The number of fused-ring (bicyclic) bond motifs is 6. The minimum absolute atomic E-state index is 0.166. The zero-order valence-electron chi connectivity index (χ0n) is 20.7. The maximum Gasteiger partial charge on any atom is 0.150 e. The molecule has 0 saturated carbocycles. The molecule has 5 aromatic carbocycles. The summed E-state index contributed by atoms with van der Waals surface area (Å²) in [5.41, 5.74) is 3.28. The van der Waals surface area contributed by atoms with Gasteiger partial charge < -0.3 is 9.13 Å². The van der Waals surface area contributed by atoms with Crippen LogP contribution >= 0.6 is 0 Å². The van der Waals surface area contributed by atoms with Crippen molar-refractivity contribution in [2.24, 2.45) is 0 Å². The van der Waals surface area contributed by atoms with Crippen LogP contribution in [0, 0.1) is 45.6 Å². The highest BCUT2D eigenvalue weighted by Gasteiger charge is 2.23. The molecule has 2 heterocycles. The lowest BCUT2D eigenvalue weighted by molar-refractivity contribution is 0.573. The van der Waals surface area contributed by atoms with E-state index in [2.05, 4.69) is 12.1 Å². The van der Waals surface area contributed by atoms with E-state index in [1.54, 1.807) is 4.57 Å². The van der Waals surface area contributed by atoms with Crippen molar-refractivity contribution in [3.63, 3.8) is 0 Å². The van der Waals surface area contributed by atoms with Crippen LogP contribution in [0.2, 0.25) is 0 Å². The van der Waals surface area contributed by atoms with Crippen LogP contribution in [0.15, 0.2) is 91.0 Å². The number of benzene rings is 5. The zero-order chi connectivity index (χ0) is 27.5. The van der Waals surface area contributed by atoms with E-state index in [4.69, 9.17) is 0 Å². The van der Waals surface area contributed by atoms with Gasteiger partial charge in [0.25, 0.3) is 0 Å². The van der Waals surface area contributed by atoms with Crippen LogP contribution in [0.5, 0.6) is 0 Å². The Balaban J connectivity index is 1.73. The summed E-state index contributed by atoms with van der Waals surface area (Å²) in [6.07, 6.45) is 0. The molecule has 7 rings (SSSR count). The summed E-state index contributed by atoms with van der Waals surface area (Å²) in [7, 11) is 0. The summed E-state index contributed by atoms with van der Waals surface area (Å²) in [6, 6.07) is 31.9. The second kappa shape index (κ2) is 8.53. The highest BCUT2D eigenvalue weighted by Crippen LogP contribution is 2.41. The van der Waals surface area contributed by atoms with Crippen LogP contribution in [-0.2, 0) is 0 Å². The lowest BCUT2D eigenvalue weighted by atomic mass is 10.0. The van der Waals surface area contributed by atoms with Crippen molar-refractivity contribution in [3.05, 3.63) is 119 Å². The molecular formula is C33H15F2N5. The molecule has 0 aliphatic rings. The average Bonchev–Trinajstić information content (AvgIpc) is 3.47. The third-order valence-corrected chi connectivity index (χ3v) is 7.33. The minimum Gasteiger partial charge on any atom is -0.307 e. The number of hydrogen-bond donors (Lipinski definition) is 0. The van der Waals surface area contributed by atoms with Gasteiger partial charge in [0.05, 0.1) is 50.5 Å². The summed E-state index contributed by atoms with van der Waals surface area (Å²) < 4.78 is 33.8. The van der Waals surface area contributed by atoms with Crippen LogP contribution in [0.1, 0.15) is 16.7 Å². The molecule has 5 nitrogen and oxygen atoms in total. The molecule has 186 valence electrons. The molecule has 40 heavy (non-hydrogen) atoms. The summed E-state index contributed by atoms with van der Waals surface area (Å²) >= 11 is 0. The average molecular weight is 520 g/mol. The first-order valence-electron chi connectivity index (χ1n) is 12.3. The molecule has 0 aliphatic carbocycles. The second-order valence-electron chi connectivity index (χ2n) is 9.42. The fourth-order valence-electron chi connectivity index (χ4n) is 5.73. The second-order valence-corrected chi connectivity index (χ2v) is 9.42. The van der Waals surface area contributed by atoms with E-state index in [0.717, 1.165) is 27.1 Å². The largest absolute Gasteiger partial charge is 0.307 e. The monoisotopic (exact) mass is 519 g/mol. The molecule has 0 atom stereocenters. The Morgan fingerprint density at radius 1 is 0.475 bits per heavy atom. The first-order chi connectivity index (χ1) is 19.5. The van der Waals surface area contributed by atoms with E-state index in [9.17, 15) is 15.8 Å². The van der Waals surface area contributed by atoms with Crippen molar-refractivity contribution in [1.29, 1.82) is 15.8 Å². The first-order valence-corrected chi connectivity index (χ1v) is 12.3. The van der Waals surface area contributed by atoms with Crippen LogP contribution in [-0.4, -0.2) is 9.13 Å². The topological polar surface area (TPSA) is 81.2 Å². The predicted octanol–water partition coefficient (Wildman–Crippen LogP) is 7.77. The lowest BCUT2D eigenvalue weighted by Gasteiger charge is -2.13. The van der Waals surface area contributed by atoms with Gasteiger partial charge in [-0.05, 0) is 48.5 Å². The third kappa shape index (κ3) is 3.08. The number of halogens is 2. The molecule has 0 N–H and O–H groups in total. The normalized spacial score (nSPS) is 11.2. The third-order valence-electron chi connectivity index (χ3n) is 7.33. The summed E-state index contributed by atoms with van der Waals surface area (Å²) in [4.78, 5) is 0. The molecule has 7 aromatic rings. The van der Waals surface area contributed by atoms with Gasteiger partial charge in [0.2, 0.25) is 0 Å². The molecule has 0 bridgehead atoms. The number of hydrogen-bond acceptors (Lipinski definition) is 3. The van der Waals surface area contributed by atoms with Crippen molar-refractivity contribution in [2.75, 3.05) is 0 Å². The Bertz CT molecular complexity index is 2280. The molecule has 0 aliphatic heterocycles. The molecule has 0 radical (unpaired) electrons. The van der Waals surface area contributed by atoms with E-state index in [-0.39, 0.29) is 22.4 Å². The highest BCUT2D eigenvalue weighted by molar-refractivity contribution is 6.19. The first kappa shape index (κ1) is 23.2. The molecule has 7 heteroatoms. The Hall–Kier alpha value is -5.97. The number of nitrogens with zero attached hydrogens (tertiary/aromatic N) is 5. The summed E-state index contributed by atoms with van der Waals surface area (Å²) in [5.74, 6) is -1.40. The molecule has 2 aromatic heterocycles. The quantitative estimate of drug-likeness (QED) is 0.234. The van der Waals surface area contributed by atoms with Gasteiger partial charge in [0, 0.05) is 21.5 Å². The Morgan fingerprint density at radius 3 is 1.48 bits per heavy atom. The number of rotatable bonds is 2. The lowest BCUT2D eigenvalue weighted by Crippen LogP contribution is -2.03. The van der Waals surface area contributed by atoms with Crippen molar-refractivity contribution in [1.82, 2.24) is 9.13 Å². The minimum atomic E-state index is -0.700. The summed E-state index contributed by atoms with van der Waals surface area (Å²) in [6.45, 7) is 0. The van der Waals surface area contributed by atoms with E-state index in [1.165, 1.54) is 30.3 Å². The van der Waals surface area contributed by atoms with Crippen molar-refractivity contribution < 1.29 is 8.78 Å². The van der Waals surface area contributed by atoms with Gasteiger partial charge in [-0.1, -0.05) is 42.5 Å². The van der Waals surface area contributed by atoms with E-state index >= 15 is 8.78 Å². The van der Waals surface area contributed by atoms with Crippen molar-refractivity contribution in [2.45, 2.75) is 0 Å². The Kier molecular flexibility index (Phi) is 4.94. The molecule has 0 fully saturated rings. The van der Waals surface area contributed by atoms with E-state index < -0.39 is 11.6 Å². The molecule has 0 spiro atoms. The van der Waals surface area contributed by atoms with E-state index in [1.807, 2.05) is 71.3 Å². The van der Waals surface area contributed by atoms with E-state index in [0.29, 0.717) is 22.2 Å². The van der Waals surface area contributed by atoms with Gasteiger partial charge in [-0.25, -0.2) is 8.78 Å². The maximum atomic E-state index is 15.2. The van der Waals surface area contributed by atoms with Crippen molar-refractivity contribution in [3.8, 4) is 29.6 Å². The fourth-order valence-corrected chi connectivity index (χ4v) is 5.73.